The molecule has 5 heterocycles. The van der Waals surface area contributed by atoms with Gasteiger partial charge in [0, 0.05) is 45.3 Å². The maximum Gasteiger partial charge on any atom is 0.439 e. The predicted octanol–water partition coefficient (Wildman–Crippen LogP) is 4.95. The van der Waals surface area contributed by atoms with Crippen LogP contribution in [-0.4, -0.2) is 69.2 Å². The number of aromatic nitrogens is 6. The smallest absolute Gasteiger partial charge is 0.383 e. The molecular weight excluding hydrogens is 546 g/mol. The van der Waals surface area contributed by atoms with E-state index in [-0.39, 0.29) is 18.0 Å². The van der Waals surface area contributed by atoms with E-state index in [4.69, 9.17) is 35.6 Å². The summed E-state index contributed by atoms with van der Waals surface area (Å²) in [6, 6.07) is 3.82. The number of nitrogens with one attached hydrogen (secondary N) is 1. The average molecular weight is 582 g/mol. The summed E-state index contributed by atoms with van der Waals surface area (Å²) in [5.74, 6) is 1.78. The van der Waals surface area contributed by atoms with Gasteiger partial charge in [0.25, 0.3) is 0 Å². The van der Waals surface area contributed by atoms with Gasteiger partial charge in [-0.05, 0) is 43.2 Å². The molecule has 2 atom stereocenters. The molecule has 1 aliphatic heterocycles. The van der Waals surface area contributed by atoms with Crippen LogP contribution < -0.4 is 10.7 Å². The molecule has 2 unspecified atom stereocenters. The van der Waals surface area contributed by atoms with E-state index in [0.29, 0.717) is 35.5 Å². The topological polar surface area (TPSA) is 124 Å². The summed E-state index contributed by atoms with van der Waals surface area (Å²) in [6.45, 7) is 4.39. The van der Waals surface area contributed by atoms with Crippen LogP contribution in [0.1, 0.15) is 45.4 Å². The number of hydrogen-bond acceptors (Lipinski definition) is 9. The van der Waals surface area contributed by atoms with Gasteiger partial charge >= 0.3 is 5.76 Å². The van der Waals surface area contributed by atoms with Gasteiger partial charge in [-0.2, -0.15) is 0 Å². The van der Waals surface area contributed by atoms with Gasteiger partial charge in [-0.25, -0.2) is 14.8 Å². The van der Waals surface area contributed by atoms with E-state index in [2.05, 4.69) is 31.5 Å². The highest BCUT2D eigenvalue weighted by atomic mass is 35.5. The molecule has 1 N–H and O–H groups in total. The van der Waals surface area contributed by atoms with Crippen molar-refractivity contribution in [2.45, 2.75) is 64.1 Å². The third-order valence-corrected chi connectivity index (χ3v) is 8.88. The molecule has 41 heavy (non-hydrogen) atoms. The number of aromatic amines is 1. The van der Waals surface area contributed by atoms with E-state index in [9.17, 15) is 4.79 Å². The van der Waals surface area contributed by atoms with E-state index < -0.39 is 5.76 Å². The minimum atomic E-state index is -0.646. The lowest BCUT2D eigenvalue weighted by molar-refractivity contribution is 0.111. The fourth-order valence-corrected chi connectivity index (χ4v) is 6.63. The van der Waals surface area contributed by atoms with E-state index in [1.54, 1.807) is 26.6 Å². The van der Waals surface area contributed by atoms with Crippen molar-refractivity contribution >= 4 is 28.6 Å². The van der Waals surface area contributed by atoms with Crippen LogP contribution in [0.3, 0.4) is 0 Å². The monoisotopic (exact) mass is 581 g/mol. The third-order valence-electron chi connectivity index (χ3n) is 8.68. The fraction of sp³-hybridized carbons (Fsp3) is 0.552. The number of imidazole rings is 1. The van der Waals surface area contributed by atoms with Crippen LogP contribution in [0.4, 0.5) is 5.95 Å². The fourth-order valence-electron chi connectivity index (χ4n) is 6.46. The molecule has 0 radical (unpaired) electrons. The summed E-state index contributed by atoms with van der Waals surface area (Å²) in [4.78, 5) is 31.3. The molecule has 1 saturated heterocycles. The minimum absolute atomic E-state index is 0.0777. The number of ether oxygens (including phenoxy) is 2. The molecule has 12 heteroatoms. The highest BCUT2D eigenvalue weighted by Gasteiger charge is 2.36. The molecular formula is C29H36ClN7O4. The number of methoxy groups -OCH3 is 2. The summed E-state index contributed by atoms with van der Waals surface area (Å²) in [5.41, 5.74) is 3.50. The Morgan fingerprint density at radius 2 is 1.93 bits per heavy atom. The molecule has 0 bridgehead atoms. The van der Waals surface area contributed by atoms with Gasteiger partial charge in [-0.1, -0.05) is 42.9 Å². The Morgan fingerprint density at radius 1 is 1.12 bits per heavy atom. The summed E-state index contributed by atoms with van der Waals surface area (Å²) in [7, 11) is 3.49. The van der Waals surface area contributed by atoms with E-state index in [0.717, 1.165) is 41.4 Å². The number of pyridine rings is 2. The lowest BCUT2D eigenvalue weighted by atomic mass is 9.81. The molecule has 4 aromatic rings. The molecule has 0 amide bonds. The number of H-pyrrole nitrogens is 1. The second kappa shape index (κ2) is 11.9. The van der Waals surface area contributed by atoms with E-state index in [1.165, 1.54) is 32.1 Å². The van der Waals surface area contributed by atoms with Crippen molar-refractivity contribution in [2.75, 3.05) is 32.3 Å². The molecule has 2 fully saturated rings. The Bertz CT molecular complexity index is 1560. The highest BCUT2D eigenvalue weighted by molar-refractivity contribution is 6.30. The van der Waals surface area contributed by atoms with Gasteiger partial charge < -0.3 is 18.9 Å². The zero-order chi connectivity index (χ0) is 28.5. The standard InChI is InChI=1S/C29H36ClN7O4/c1-4-17-5-7-18(8-6-17)14-37-26-23(33-28(37)36-15-22(40-3)10-21(36)16-39-2)11-24(27-34-29(38)41-35-27)32-25(26)19-9-20(30)13-31-12-19/h9,11-13,17-18,21-22H,4-8,10,14-16H2,1-3H3,(H,34,35,38). The molecule has 0 spiro atoms. The van der Waals surface area contributed by atoms with Gasteiger partial charge in [0.1, 0.15) is 5.69 Å². The number of nitrogens with zero attached hydrogens (tertiary/aromatic N) is 6. The molecule has 2 aliphatic rings. The summed E-state index contributed by atoms with van der Waals surface area (Å²) in [5, 5.41) is 4.40. The van der Waals surface area contributed by atoms with Crippen LogP contribution in [0, 0.1) is 11.8 Å². The number of fused-ring (bicyclic) bond motifs is 1. The van der Waals surface area contributed by atoms with Crippen LogP contribution in [0.2, 0.25) is 5.02 Å². The largest absolute Gasteiger partial charge is 0.439 e. The molecule has 0 aromatic carbocycles. The Hall–Kier alpha value is -3.28. The predicted molar refractivity (Wildman–Crippen MR) is 156 cm³/mol. The van der Waals surface area contributed by atoms with E-state index in [1.807, 2.05) is 12.1 Å². The second-order valence-electron chi connectivity index (χ2n) is 11.2. The summed E-state index contributed by atoms with van der Waals surface area (Å²) in [6.07, 6.45) is 10.4. The molecule has 1 aliphatic carbocycles. The lowest BCUT2D eigenvalue weighted by Crippen LogP contribution is -2.35. The summed E-state index contributed by atoms with van der Waals surface area (Å²) < 4.78 is 18.5. The normalized spacial score (nSPS) is 23.1. The van der Waals surface area contributed by atoms with Crippen molar-refractivity contribution in [1.29, 1.82) is 0 Å². The van der Waals surface area contributed by atoms with Crippen LogP contribution in [0.25, 0.3) is 33.8 Å². The van der Waals surface area contributed by atoms with Gasteiger partial charge in [-0.15, -0.1) is 0 Å². The van der Waals surface area contributed by atoms with Gasteiger partial charge in [0.05, 0.1) is 40.5 Å². The highest BCUT2D eigenvalue weighted by Crippen LogP contribution is 2.39. The van der Waals surface area contributed by atoms with Crippen LogP contribution in [0.15, 0.2) is 33.8 Å². The number of hydrogen-bond donors (Lipinski definition) is 1. The lowest BCUT2D eigenvalue weighted by Gasteiger charge is -2.31. The number of anilines is 1. The van der Waals surface area contributed by atoms with Crippen molar-refractivity contribution < 1.29 is 14.0 Å². The first-order valence-corrected chi connectivity index (χ1v) is 14.7. The Morgan fingerprint density at radius 3 is 2.61 bits per heavy atom. The molecule has 1 saturated carbocycles. The van der Waals surface area contributed by atoms with Crippen molar-refractivity contribution in [3.63, 3.8) is 0 Å². The maximum atomic E-state index is 11.8. The zero-order valence-electron chi connectivity index (χ0n) is 23.7. The Labute approximate surface area is 243 Å². The first-order chi connectivity index (χ1) is 20.0. The van der Waals surface area contributed by atoms with Crippen molar-refractivity contribution in [3.05, 3.63) is 40.1 Å². The molecule has 218 valence electrons. The van der Waals surface area contributed by atoms with Crippen LogP contribution in [0.5, 0.6) is 0 Å². The molecule has 4 aromatic heterocycles. The molecule has 11 nitrogen and oxygen atoms in total. The summed E-state index contributed by atoms with van der Waals surface area (Å²) >= 11 is 6.40. The SMILES string of the molecule is CCC1CCC(Cn2c(N3CC(OC)CC3COC)nc3cc(-c4noc(=O)[nH]4)nc(-c4cncc(Cl)c4)c32)CC1. The van der Waals surface area contributed by atoms with E-state index >= 15 is 0 Å². The minimum Gasteiger partial charge on any atom is -0.383 e. The second-order valence-corrected chi connectivity index (χ2v) is 11.7. The first-order valence-electron chi connectivity index (χ1n) is 14.3. The first kappa shape index (κ1) is 27.9. The van der Waals surface area contributed by atoms with Gasteiger partial charge in [0.2, 0.25) is 11.8 Å². The zero-order valence-corrected chi connectivity index (χ0v) is 24.4. The number of rotatable bonds is 9. The van der Waals surface area contributed by atoms with Gasteiger partial charge in [-0.3, -0.25) is 14.5 Å². The Kier molecular flexibility index (Phi) is 8.10. The van der Waals surface area contributed by atoms with Crippen molar-refractivity contribution in [2.24, 2.45) is 11.8 Å². The quantitative estimate of drug-likeness (QED) is 0.292. The number of halogens is 1. The maximum absolute atomic E-state index is 11.8. The Balaban J connectivity index is 1.55. The molecule has 6 rings (SSSR count). The average Bonchev–Trinajstić information content (AvgIpc) is 3.70. The van der Waals surface area contributed by atoms with Crippen molar-refractivity contribution in [3.8, 4) is 22.8 Å². The van der Waals surface area contributed by atoms with Crippen LogP contribution in [-0.2, 0) is 16.0 Å². The van der Waals surface area contributed by atoms with Crippen molar-refractivity contribution in [1.82, 2.24) is 29.7 Å². The van der Waals surface area contributed by atoms with Gasteiger partial charge in [0.15, 0.2) is 0 Å². The third kappa shape index (κ3) is 5.62. The van der Waals surface area contributed by atoms with Crippen LogP contribution >= 0.6 is 11.6 Å².